The molecule has 0 aliphatic rings. The van der Waals surface area contributed by atoms with Crippen molar-refractivity contribution in [2.45, 2.75) is 20.3 Å². The van der Waals surface area contributed by atoms with Gasteiger partial charge in [0.2, 0.25) is 0 Å². The van der Waals surface area contributed by atoms with Crippen LogP contribution < -0.4 is 5.32 Å². The molecular weight excluding hydrogens is 323 g/mol. The number of hydrogen-bond donors (Lipinski definition) is 1. The first kappa shape index (κ1) is 16.0. The zero-order chi connectivity index (χ0) is 14.6. The summed E-state index contributed by atoms with van der Waals surface area (Å²) in [6.07, 6.45) is 0.833. The molecule has 0 spiro atoms. The van der Waals surface area contributed by atoms with Crippen molar-refractivity contribution >= 4 is 21.8 Å². The lowest BCUT2D eigenvalue weighted by atomic mass is 9.90. The number of alkyl halides is 1. The van der Waals surface area contributed by atoms with Gasteiger partial charge in [0.05, 0.1) is 0 Å². The van der Waals surface area contributed by atoms with Crippen molar-refractivity contribution in [1.29, 1.82) is 0 Å². The van der Waals surface area contributed by atoms with E-state index in [0.717, 1.165) is 11.8 Å². The molecule has 19 heavy (non-hydrogen) atoms. The van der Waals surface area contributed by atoms with Crippen LogP contribution in [-0.4, -0.2) is 17.8 Å². The van der Waals surface area contributed by atoms with E-state index in [2.05, 4.69) is 21.2 Å². The lowest BCUT2D eigenvalue weighted by Crippen LogP contribution is -2.34. The number of carbonyl (C=O) groups excluding carboxylic acids is 1. The van der Waals surface area contributed by atoms with Crippen LogP contribution in [0.25, 0.3) is 0 Å². The number of nitrogens with one attached hydrogen (secondary N) is 1. The SMILES string of the molecule is CC(C)(CCBr)CNC(=O)c1cc(F)c(F)c(F)c1. The molecule has 0 atom stereocenters. The third-order valence-corrected chi connectivity index (χ3v) is 3.14. The van der Waals surface area contributed by atoms with Gasteiger partial charge in [-0.05, 0) is 24.0 Å². The quantitative estimate of drug-likeness (QED) is 0.645. The van der Waals surface area contributed by atoms with E-state index >= 15 is 0 Å². The monoisotopic (exact) mass is 337 g/mol. The van der Waals surface area contributed by atoms with E-state index in [-0.39, 0.29) is 11.0 Å². The van der Waals surface area contributed by atoms with Gasteiger partial charge in [-0.25, -0.2) is 13.2 Å². The normalized spacial score (nSPS) is 11.5. The molecule has 0 radical (unpaired) electrons. The average Bonchev–Trinajstić information content (AvgIpc) is 2.32. The molecule has 0 saturated heterocycles. The predicted octanol–water partition coefficient (Wildman–Crippen LogP) is 3.64. The third kappa shape index (κ3) is 4.53. The number of benzene rings is 1. The first-order valence-electron chi connectivity index (χ1n) is 5.75. The summed E-state index contributed by atoms with van der Waals surface area (Å²) in [6, 6.07) is 1.37. The fourth-order valence-corrected chi connectivity index (χ4v) is 2.53. The van der Waals surface area contributed by atoms with Gasteiger partial charge in [-0.2, -0.15) is 0 Å². The first-order valence-corrected chi connectivity index (χ1v) is 6.88. The Kier molecular flexibility index (Phi) is 5.40. The summed E-state index contributed by atoms with van der Waals surface area (Å²) in [4.78, 5) is 11.7. The van der Waals surface area contributed by atoms with Crippen LogP contribution in [0.4, 0.5) is 13.2 Å². The Morgan fingerprint density at radius 3 is 2.26 bits per heavy atom. The average molecular weight is 338 g/mol. The summed E-state index contributed by atoms with van der Waals surface area (Å²) < 4.78 is 38.8. The van der Waals surface area contributed by atoms with Gasteiger partial charge in [0, 0.05) is 17.4 Å². The molecule has 0 heterocycles. The second-order valence-corrected chi connectivity index (χ2v) is 5.83. The Labute approximate surface area is 118 Å². The summed E-state index contributed by atoms with van der Waals surface area (Å²) in [7, 11) is 0. The number of amides is 1. The molecule has 6 heteroatoms. The lowest BCUT2D eigenvalue weighted by Gasteiger charge is -2.23. The van der Waals surface area contributed by atoms with E-state index < -0.39 is 23.4 Å². The lowest BCUT2D eigenvalue weighted by molar-refractivity contribution is 0.0935. The van der Waals surface area contributed by atoms with Gasteiger partial charge in [0.25, 0.3) is 5.91 Å². The summed E-state index contributed by atoms with van der Waals surface area (Å²) in [6.45, 7) is 4.28. The van der Waals surface area contributed by atoms with E-state index in [9.17, 15) is 18.0 Å². The van der Waals surface area contributed by atoms with Crippen molar-refractivity contribution in [3.8, 4) is 0 Å². The molecule has 0 bridgehead atoms. The second kappa shape index (κ2) is 6.41. The molecule has 0 saturated carbocycles. The van der Waals surface area contributed by atoms with Crippen LogP contribution in [0.5, 0.6) is 0 Å². The van der Waals surface area contributed by atoms with Crippen molar-refractivity contribution in [2.75, 3.05) is 11.9 Å². The van der Waals surface area contributed by atoms with Crippen molar-refractivity contribution in [2.24, 2.45) is 5.41 Å². The molecule has 1 N–H and O–H groups in total. The van der Waals surface area contributed by atoms with E-state index in [1.54, 1.807) is 0 Å². The van der Waals surface area contributed by atoms with Crippen LogP contribution in [0.15, 0.2) is 12.1 Å². The molecule has 0 aliphatic heterocycles. The Morgan fingerprint density at radius 2 is 1.79 bits per heavy atom. The van der Waals surface area contributed by atoms with Gasteiger partial charge in [0.1, 0.15) is 0 Å². The standard InChI is InChI=1S/C13H15BrF3NO/c1-13(2,3-4-14)7-18-12(19)8-5-9(15)11(17)10(16)6-8/h5-6H,3-4,7H2,1-2H3,(H,18,19). The Balaban J connectivity index is 2.74. The number of rotatable bonds is 5. The molecule has 106 valence electrons. The molecule has 1 aromatic carbocycles. The molecule has 1 rings (SSSR count). The van der Waals surface area contributed by atoms with Crippen LogP contribution in [0, 0.1) is 22.9 Å². The Morgan fingerprint density at radius 1 is 1.26 bits per heavy atom. The minimum absolute atomic E-state index is 0.143. The van der Waals surface area contributed by atoms with Crippen LogP contribution in [0.1, 0.15) is 30.6 Å². The predicted molar refractivity (Wildman–Crippen MR) is 70.8 cm³/mol. The van der Waals surface area contributed by atoms with Crippen LogP contribution >= 0.6 is 15.9 Å². The van der Waals surface area contributed by atoms with E-state index in [1.165, 1.54) is 0 Å². The highest BCUT2D eigenvalue weighted by atomic mass is 79.9. The summed E-state index contributed by atoms with van der Waals surface area (Å²) in [5, 5.41) is 3.37. The van der Waals surface area contributed by atoms with Gasteiger partial charge in [-0.15, -0.1) is 0 Å². The highest BCUT2D eigenvalue weighted by molar-refractivity contribution is 9.09. The molecule has 2 nitrogen and oxygen atoms in total. The highest BCUT2D eigenvalue weighted by Crippen LogP contribution is 2.20. The van der Waals surface area contributed by atoms with Gasteiger partial charge in [-0.3, -0.25) is 4.79 Å². The van der Waals surface area contributed by atoms with Gasteiger partial charge in [-0.1, -0.05) is 29.8 Å². The fraction of sp³-hybridized carbons (Fsp3) is 0.462. The van der Waals surface area contributed by atoms with E-state index in [1.807, 2.05) is 13.8 Å². The van der Waals surface area contributed by atoms with Crippen LogP contribution in [0.2, 0.25) is 0 Å². The minimum atomic E-state index is -1.57. The third-order valence-electron chi connectivity index (χ3n) is 2.74. The maximum atomic E-state index is 13.0. The minimum Gasteiger partial charge on any atom is -0.351 e. The molecule has 1 amide bonds. The van der Waals surface area contributed by atoms with Crippen molar-refractivity contribution < 1.29 is 18.0 Å². The van der Waals surface area contributed by atoms with Gasteiger partial charge < -0.3 is 5.32 Å². The largest absolute Gasteiger partial charge is 0.351 e. The van der Waals surface area contributed by atoms with E-state index in [4.69, 9.17) is 0 Å². The van der Waals surface area contributed by atoms with Crippen LogP contribution in [0.3, 0.4) is 0 Å². The molecule has 0 aromatic heterocycles. The Bertz CT molecular complexity index is 454. The number of carbonyl (C=O) groups is 1. The van der Waals surface area contributed by atoms with Crippen molar-refractivity contribution in [1.82, 2.24) is 5.32 Å². The molecule has 1 aromatic rings. The fourth-order valence-electron chi connectivity index (χ4n) is 1.45. The maximum absolute atomic E-state index is 13.0. The smallest absolute Gasteiger partial charge is 0.251 e. The van der Waals surface area contributed by atoms with Crippen molar-refractivity contribution in [3.63, 3.8) is 0 Å². The van der Waals surface area contributed by atoms with Crippen molar-refractivity contribution in [3.05, 3.63) is 35.1 Å². The summed E-state index contributed by atoms with van der Waals surface area (Å²) in [5.41, 5.74) is -0.373. The molecular formula is C13H15BrF3NO. The zero-order valence-corrected chi connectivity index (χ0v) is 12.3. The first-order chi connectivity index (χ1) is 8.76. The molecule has 0 aliphatic carbocycles. The number of halogens is 4. The zero-order valence-electron chi connectivity index (χ0n) is 10.7. The number of hydrogen-bond acceptors (Lipinski definition) is 1. The second-order valence-electron chi connectivity index (χ2n) is 5.04. The highest BCUT2D eigenvalue weighted by Gasteiger charge is 2.20. The topological polar surface area (TPSA) is 29.1 Å². The van der Waals surface area contributed by atoms with E-state index in [0.29, 0.717) is 18.7 Å². The van der Waals surface area contributed by atoms with Gasteiger partial charge in [0.15, 0.2) is 17.5 Å². The van der Waals surface area contributed by atoms with Crippen LogP contribution in [-0.2, 0) is 0 Å². The maximum Gasteiger partial charge on any atom is 0.251 e. The molecule has 0 fully saturated rings. The molecule has 0 unspecified atom stereocenters. The Hall–Kier alpha value is -1.04. The van der Waals surface area contributed by atoms with Gasteiger partial charge >= 0.3 is 0 Å². The summed E-state index contributed by atoms with van der Waals surface area (Å²) in [5.74, 6) is -4.94. The summed E-state index contributed by atoms with van der Waals surface area (Å²) >= 11 is 3.31.